The topological polar surface area (TPSA) is 80.1 Å². The van der Waals surface area contributed by atoms with E-state index in [0.717, 1.165) is 30.7 Å². The maximum Gasteiger partial charge on any atom is 0.268 e. The van der Waals surface area contributed by atoms with Gasteiger partial charge in [-0.25, -0.2) is 4.98 Å². The highest BCUT2D eigenvalue weighted by atomic mass is 32.1. The predicted molar refractivity (Wildman–Crippen MR) is 106 cm³/mol. The van der Waals surface area contributed by atoms with Gasteiger partial charge in [0.2, 0.25) is 11.9 Å². The van der Waals surface area contributed by atoms with Crippen LogP contribution in [0, 0.1) is 0 Å². The molecule has 0 radical (unpaired) electrons. The van der Waals surface area contributed by atoms with Crippen LogP contribution in [0.5, 0.6) is 0 Å². The molecule has 1 aliphatic heterocycles. The van der Waals surface area contributed by atoms with E-state index in [1.165, 1.54) is 11.3 Å². The summed E-state index contributed by atoms with van der Waals surface area (Å²) in [6.45, 7) is 5.49. The second-order valence-electron chi connectivity index (χ2n) is 6.41. The Morgan fingerprint density at radius 1 is 1.33 bits per heavy atom. The number of hydrogen-bond donors (Lipinski definition) is 1. The zero-order valence-electron chi connectivity index (χ0n) is 15.7. The third kappa shape index (κ3) is 4.63. The fraction of sp³-hybridized carbons (Fsp3) is 0.474. The molecule has 0 spiro atoms. The highest BCUT2D eigenvalue weighted by Gasteiger charge is 2.30. The second-order valence-corrected chi connectivity index (χ2v) is 7.52. The number of aryl methyl sites for hydroxylation is 1. The third-order valence-corrected chi connectivity index (χ3v) is 5.72. The zero-order valence-corrected chi connectivity index (χ0v) is 16.5. The van der Waals surface area contributed by atoms with Crippen molar-refractivity contribution in [1.29, 1.82) is 0 Å². The van der Waals surface area contributed by atoms with Crippen molar-refractivity contribution in [2.75, 3.05) is 11.9 Å². The van der Waals surface area contributed by atoms with E-state index in [9.17, 15) is 9.59 Å². The number of carbonyl (C=O) groups is 2. The van der Waals surface area contributed by atoms with Crippen molar-refractivity contribution in [3.8, 4) is 0 Å². The summed E-state index contributed by atoms with van der Waals surface area (Å²) in [6, 6.07) is 3.83. The Balaban J connectivity index is 1.65. The lowest BCUT2D eigenvalue weighted by atomic mass is 10.2. The van der Waals surface area contributed by atoms with Gasteiger partial charge in [-0.15, -0.1) is 16.4 Å². The van der Waals surface area contributed by atoms with E-state index in [1.807, 2.05) is 36.1 Å². The number of rotatable bonds is 7. The number of allylic oxidation sites excluding steroid dienone is 1. The molecule has 1 N–H and O–H groups in total. The summed E-state index contributed by atoms with van der Waals surface area (Å²) in [6.07, 6.45) is 8.85. The fourth-order valence-electron chi connectivity index (χ4n) is 3.15. The fourth-order valence-corrected chi connectivity index (χ4v) is 4.20. The molecule has 1 aliphatic rings. The number of hydrogen-bond acceptors (Lipinski definition) is 5. The minimum absolute atomic E-state index is 0.0662. The number of nitrogens with one attached hydrogen (secondary N) is 1. The van der Waals surface area contributed by atoms with Crippen LogP contribution in [0.3, 0.4) is 0 Å². The third-order valence-electron chi connectivity index (χ3n) is 4.53. The van der Waals surface area contributed by atoms with Crippen molar-refractivity contribution < 1.29 is 9.59 Å². The lowest BCUT2D eigenvalue weighted by Gasteiger charge is -2.23. The van der Waals surface area contributed by atoms with Crippen LogP contribution in [-0.4, -0.2) is 38.0 Å². The van der Waals surface area contributed by atoms with E-state index < -0.39 is 0 Å². The summed E-state index contributed by atoms with van der Waals surface area (Å²) >= 11 is 1.43. The maximum absolute atomic E-state index is 12.5. The summed E-state index contributed by atoms with van der Waals surface area (Å²) in [5, 5.41) is 6.89. The summed E-state index contributed by atoms with van der Waals surface area (Å²) in [7, 11) is 0. The average Bonchev–Trinajstić information content (AvgIpc) is 3.40. The van der Waals surface area contributed by atoms with Crippen LogP contribution in [0.1, 0.15) is 60.1 Å². The molecule has 2 aromatic heterocycles. The summed E-state index contributed by atoms with van der Waals surface area (Å²) in [4.78, 5) is 32.6. The monoisotopic (exact) mass is 387 g/mol. The van der Waals surface area contributed by atoms with Crippen molar-refractivity contribution in [1.82, 2.24) is 19.7 Å². The van der Waals surface area contributed by atoms with E-state index in [2.05, 4.69) is 22.3 Å². The van der Waals surface area contributed by atoms with Gasteiger partial charge in [0, 0.05) is 24.4 Å². The zero-order chi connectivity index (χ0) is 19.2. The highest BCUT2D eigenvalue weighted by molar-refractivity contribution is 7.14. The van der Waals surface area contributed by atoms with Crippen LogP contribution in [0.25, 0.3) is 0 Å². The molecule has 3 rings (SSSR count). The van der Waals surface area contributed by atoms with Gasteiger partial charge in [-0.05, 0) is 38.3 Å². The van der Waals surface area contributed by atoms with Crippen molar-refractivity contribution in [2.24, 2.45) is 0 Å². The van der Waals surface area contributed by atoms with Crippen molar-refractivity contribution in [3.05, 3.63) is 40.4 Å². The lowest BCUT2D eigenvalue weighted by molar-refractivity contribution is -0.131. The van der Waals surface area contributed by atoms with E-state index in [0.29, 0.717) is 23.8 Å². The van der Waals surface area contributed by atoms with Crippen LogP contribution in [0.4, 0.5) is 5.95 Å². The summed E-state index contributed by atoms with van der Waals surface area (Å²) < 4.78 is 1.66. The smallest absolute Gasteiger partial charge is 0.268 e. The molecule has 7 nitrogen and oxygen atoms in total. The van der Waals surface area contributed by atoms with Gasteiger partial charge in [0.15, 0.2) is 0 Å². The van der Waals surface area contributed by atoms with Crippen LogP contribution in [-0.2, 0) is 11.3 Å². The Hall–Kier alpha value is -2.48. The molecule has 27 heavy (non-hydrogen) atoms. The Kier molecular flexibility index (Phi) is 6.39. The molecule has 2 amide bonds. The minimum Gasteiger partial charge on any atom is -0.335 e. The Morgan fingerprint density at radius 2 is 2.19 bits per heavy atom. The Bertz CT molecular complexity index is 826. The number of thiophene rings is 1. The second kappa shape index (κ2) is 8.94. The predicted octanol–water partition coefficient (Wildman–Crippen LogP) is 3.63. The normalized spacial score (nSPS) is 17.0. The molecule has 8 heteroatoms. The molecule has 3 heterocycles. The molecular weight excluding hydrogens is 362 g/mol. The quantitative estimate of drug-likeness (QED) is 0.736. The minimum atomic E-state index is -0.221. The van der Waals surface area contributed by atoms with Gasteiger partial charge in [-0.2, -0.15) is 0 Å². The number of carbonyl (C=O) groups excluding carboxylic acids is 2. The van der Waals surface area contributed by atoms with E-state index in [1.54, 1.807) is 11.0 Å². The van der Waals surface area contributed by atoms with E-state index in [4.69, 9.17) is 0 Å². The van der Waals surface area contributed by atoms with Gasteiger partial charge >= 0.3 is 0 Å². The molecule has 0 saturated carbocycles. The number of likely N-dealkylation sites (tertiary alicyclic amines) is 1. The SMILES string of the molecule is CC/C=C/CC(=O)N1CCC[C@@H]1c1ccc(C(=O)Nc2ncn(CC)n2)s1. The van der Waals surface area contributed by atoms with Gasteiger partial charge < -0.3 is 4.90 Å². The molecule has 144 valence electrons. The summed E-state index contributed by atoms with van der Waals surface area (Å²) in [5.74, 6) is 0.231. The molecule has 0 aliphatic carbocycles. The first-order valence-electron chi connectivity index (χ1n) is 9.37. The number of anilines is 1. The maximum atomic E-state index is 12.5. The molecule has 0 aromatic carbocycles. The van der Waals surface area contributed by atoms with Crippen LogP contribution in [0.15, 0.2) is 30.6 Å². The van der Waals surface area contributed by atoms with Gasteiger partial charge in [-0.1, -0.05) is 19.1 Å². The molecular formula is C19H25N5O2S. The van der Waals surface area contributed by atoms with Crippen molar-refractivity contribution in [2.45, 2.75) is 52.1 Å². The Morgan fingerprint density at radius 3 is 2.93 bits per heavy atom. The molecule has 0 unspecified atom stereocenters. The lowest BCUT2D eigenvalue weighted by Crippen LogP contribution is -2.29. The Labute approximate surface area is 163 Å². The van der Waals surface area contributed by atoms with E-state index in [-0.39, 0.29) is 17.9 Å². The number of amides is 2. The van der Waals surface area contributed by atoms with Gasteiger partial charge in [0.05, 0.1) is 10.9 Å². The van der Waals surface area contributed by atoms with E-state index >= 15 is 0 Å². The van der Waals surface area contributed by atoms with Crippen LogP contribution >= 0.6 is 11.3 Å². The van der Waals surface area contributed by atoms with Gasteiger partial charge in [0.1, 0.15) is 6.33 Å². The largest absolute Gasteiger partial charge is 0.335 e. The van der Waals surface area contributed by atoms with Crippen LogP contribution in [0.2, 0.25) is 0 Å². The summed E-state index contributed by atoms with van der Waals surface area (Å²) in [5.41, 5.74) is 0. The first-order chi connectivity index (χ1) is 13.1. The highest BCUT2D eigenvalue weighted by Crippen LogP contribution is 2.36. The number of nitrogens with zero attached hydrogens (tertiary/aromatic N) is 4. The number of aromatic nitrogens is 3. The molecule has 1 atom stereocenters. The standard InChI is InChI=1S/C19H25N5O2S/c1-3-5-6-9-17(25)24-12-7-8-14(24)15-10-11-16(27-15)18(26)21-19-20-13-23(4-2)22-19/h5-6,10-11,13-14H,3-4,7-9,12H2,1-2H3,(H,21,22,26)/b6-5+/t14-/m1/s1. The van der Waals surface area contributed by atoms with Gasteiger partial charge in [0.25, 0.3) is 5.91 Å². The molecule has 0 bridgehead atoms. The van der Waals surface area contributed by atoms with Crippen molar-refractivity contribution >= 4 is 29.1 Å². The first kappa shape index (κ1) is 19.3. The van der Waals surface area contributed by atoms with Crippen molar-refractivity contribution in [3.63, 3.8) is 0 Å². The average molecular weight is 388 g/mol. The first-order valence-corrected chi connectivity index (χ1v) is 10.2. The van der Waals surface area contributed by atoms with Gasteiger partial charge in [-0.3, -0.25) is 19.6 Å². The molecule has 1 saturated heterocycles. The molecule has 1 fully saturated rings. The van der Waals surface area contributed by atoms with Crippen LogP contribution < -0.4 is 5.32 Å². The molecule has 2 aromatic rings.